The number of furan rings is 1. The Morgan fingerprint density at radius 2 is 2.04 bits per heavy atom. The summed E-state index contributed by atoms with van der Waals surface area (Å²) < 4.78 is 7.20. The van der Waals surface area contributed by atoms with E-state index in [1.165, 1.54) is 6.20 Å². The van der Waals surface area contributed by atoms with E-state index in [2.05, 4.69) is 25.5 Å². The third-order valence-electron chi connectivity index (χ3n) is 4.33. The van der Waals surface area contributed by atoms with Crippen molar-refractivity contribution in [1.82, 2.24) is 24.6 Å². The van der Waals surface area contributed by atoms with Gasteiger partial charge in [0.2, 0.25) is 5.78 Å². The molecule has 136 valence electrons. The van der Waals surface area contributed by atoms with Gasteiger partial charge in [0.1, 0.15) is 5.69 Å². The number of amides is 1. The minimum Gasteiger partial charge on any atom is -0.463 e. The molecule has 4 heterocycles. The largest absolute Gasteiger partial charge is 0.463 e. The van der Waals surface area contributed by atoms with E-state index in [9.17, 15) is 4.79 Å². The maximum Gasteiger partial charge on any atom is 0.259 e. The van der Waals surface area contributed by atoms with E-state index in [0.29, 0.717) is 28.5 Å². The summed E-state index contributed by atoms with van der Waals surface area (Å²) >= 11 is 0. The van der Waals surface area contributed by atoms with Crippen LogP contribution in [0.25, 0.3) is 28.5 Å². The van der Waals surface area contributed by atoms with Crippen LogP contribution in [0.1, 0.15) is 10.4 Å². The van der Waals surface area contributed by atoms with Gasteiger partial charge in [0.25, 0.3) is 5.91 Å². The van der Waals surface area contributed by atoms with Gasteiger partial charge in [0.05, 0.1) is 23.7 Å². The van der Waals surface area contributed by atoms with Crippen molar-refractivity contribution in [2.45, 2.75) is 0 Å². The molecule has 0 aliphatic rings. The normalized spacial score (nSPS) is 11.0. The standard InChI is InChI=1S/C20H14N6O2/c27-19(15-11-22-25-18(15)17-3-1-10-28-17)23-14-6-4-13(5-7-14)16-12-26-9-2-8-21-20(26)24-16/h1-12H,(H,22,25)(H,23,27). The number of fused-ring (bicyclic) bond motifs is 1. The molecule has 4 aromatic heterocycles. The van der Waals surface area contributed by atoms with Crippen LogP contribution < -0.4 is 5.32 Å². The van der Waals surface area contributed by atoms with Crippen molar-refractivity contribution in [2.24, 2.45) is 0 Å². The second-order valence-electron chi connectivity index (χ2n) is 6.12. The number of anilines is 1. The summed E-state index contributed by atoms with van der Waals surface area (Å²) in [4.78, 5) is 21.3. The van der Waals surface area contributed by atoms with E-state index in [4.69, 9.17) is 4.42 Å². The highest BCUT2D eigenvalue weighted by Crippen LogP contribution is 2.24. The van der Waals surface area contributed by atoms with Crippen molar-refractivity contribution in [1.29, 1.82) is 0 Å². The zero-order chi connectivity index (χ0) is 18.9. The number of hydrogen-bond acceptors (Lipinski definition) is 5. The highest BCUT2D eigenvalue weighted by atomic mass is 16.3. The summed E-state index contributed by atoms with van der Waals surface area (Å²) in [7, 11) is 0. The number of imidazole rings is 1. The molecule has 1 aromatic carbocycles. The monoisotopic (exact) mass is 370 g/mol. The zero-order valence-corrected chi connectivity index (χ0v) is 14.5. The molecule has 0 unspecified atom stereocenters. The Morgan fingerprint density at radius 1 is 1.14 bits per heavy atom. The first-order valence-electron chi connectivity index (χ1n) is 8.57. The van der Waals surface area contributed by atoms with E-state index in [0.717, 1.165) is 11.3 Å². The molecule has 1 amide bonds. The molecular weight excluding hydrogens is 356 g/mol. The average Bonchev–Trinajstić information content (AvgIpc) is 3.47. The quantitative estimate of drug-likeness (QED) is 0.503. The number of benzene rings is 1. The first-order chi connectivity index (χ1) is 13.8. The number of hydrogen-bond donors (Lipinski definition) is 2. The van der Waals surface area contributed by atoms with Gasteiger partial charge < -0.3 is 9.73 Å². The smallest absolute Gasteiger partial charge is 0.259 e. The van der Waals surface area contributed by atoms with Crippen molar-refractivity contribution in [2.75, 3.05) is 5.32 Å². The van der Waals surface area contributed by atoms with E-state index in [1.807, 2.05) is 47.1 Å². The average molecular weight is 370 g/mol. The number of rotatable bonds is 4. The van der Waals surface area contributed by atoms with E-state index < -0.39 is 0 Å². The molecule has 5 aromatic rings. The number of H-pyrrole nitrogens is 1. The lowest BCUT2D eigenvalue weighted by Crippen LogP contribution is -2.12. The Labute approximate surface area is 158 Å². The molecule has 2 N–H and O–H groups in total. The SMILES string of the molecule is O=C(Nc1ccc(-c2cn3cccnc3n2)cc1)c1cn[nH]c1-c1ccco1. The molecular formula is C20H14N6O2. The fraction of sp³-hybridized carbons (Fsp3) is 0. The van der Waals surface area contributed by atoms with Gasteiger partial charge in [-0.15, -0.1) is 0 Å². The number of nitrogens with one attached hydrogen (secondary N) is 2. The Morgan fingerprint density at radius 3 is 2.82 bits per heavy atom. The predicted octanol–water partition coefficient (Wildman–Crippen LogP) is 3.63. The second kappa shape index (κ2) is 6.51. The molecule has 5 rings (SSSR count). The predicted molar refractivity (Wildman–Crippen MR) is 103 cm³/mol. The Balaban J connectivity index is 1.37. The number of carbonyl (C=O) groups excluding carboxylic acids is 1. The minimum atomic E-state index is -0.273. The number of carbonyl (C=O) groups is 1. The molecule has 0 fully saturated rings. The third-order valence-corrected chi connectivity index (χ3v) is 4.33. The molecule has 0 radical (unpaired) electrons. The highest BCUT2D eigenvalue weighted by molar-refractivity contribution is 6.07. The molecule has 8 heteroatoms. The molecule has 0 aliphatic carbocycles. The fourth-order valence-electron chi connectivity index (χ4n) is 2.96. The minimum absolute atomic E-state index is 0.273. The van der Waals surface area contributed by atoms with Gasteiger partial charge in [-0.25, -0.2) is 9.97 Å². The van der Waals surface area contributed by atoms with Crippen LogP contribution >= 0.6 is 0 Å². The van der Waals surface area contributed by atoms with Crippen LogP contribution in [0.3, 0.4) is 0 Å². The van der Waals surface area contributed by atoms with Gasteiger partial charge in [0.15, 0.2) is 5.76 Å². The molecule has 0 bridgehead atoms. The van der Waals surface area contributed by atoms with Crippen LogP contribution in [-0.2, 0) is 0 Å². The van der Waals surface area contributed by atoms with Crippen molar-refractivity contribution in [3.8, 4) is 22.7 Å². The topological polar surface area (TPSA) is 101 Å². The van der Waals surface area contributed by atoms with Gasteiger partial charge in [-0.3, -0.25) is 14.3 Å². The highest BCUT2D eigenvalue weighted by Gasteiger charge is 2.17. The molecule has 0 saturated carbocycles. The third kappa shape index (κ3) is 2.82. The first-order valence-corrected chi connectivity index (χ1v) is 8.57. The van der Waals surface area contributed by atoms with E-state index in [-0.39, 0.29) is 5.91 Å². The van der Waals surface area contributed by atoms with Crippen LogP contribution in [0, 0.1) is 0 Å². The Kier molecular flexibility index (Phi) is 3.72. The van der Waals surface area contributed by atoms with Crippen LogP contribution in [0.4, 0.5) is 5.69 Å². The van der Waals surface area contributed by atoms with Gasteiger partial charge in [0, 0.05) is 29.8 Å². The summed E-state index contributed by atoms with van der Waals surface area (Å²) in [6.07, 6.45) is 8.54. The summed E-state index contributed by atoms with van der Waals surface area (Å²) in [5.74, 6) is 0.920. The maximum absolute atomic E-state index is 12.6. The Hall–Kier alpha value is -4.20. The van der Waals surface area contributed by atoms with Crippen LogP contribution in [0.2, 0.25) is 0 Å². The van der Waals surface area contributed by atoms with Crippen molar-refractivity contribution in [3.05, 3.63) is 79.1 Å². The zero-order valence-electron chi connectivity index (χ0n) is 14.5. The molecule has 28 heavy (non-hydrogen) atoms. The summed E-state index contributed by atoms with van der Waals surface area (Å²) in [5.41, 5.74) is 3.36. The lowest BCUT2D eigenvalue weighted by molar-refractivity contribution is 0.102. The van der Waals surface area contributed by atoms with Crippen molar-refractivity contribution >= 4 is 17.4 Å². The number of aromatic nitrogens is 5. The maximum atomic E-state index is 12.6. The van der Waals surface area contributed by atoms with Gasteiger partial charge in [-0.2, -0.15) is 5.10 Å². The van der Waals surface area contributed by atoms with E-state index >= 15 is 0 Å². The number of nitrogens with zero attached hydrogens (tertiary/aromatic N) is 4. The summed E-state index contributed by atoms with van der Waals surface area (Å²) in [5, 5.41) is 9.62. The van der Waals surface area contributed by atoms with Gasteiger partial charge in [-0.1, -0.05) is 12.1 Å². The molecule has 0 atom stereocenters. The molecule has 0 saturated heterocycles. The first kappa shape index (κ1) is 16.0. The van der Waals surface area contributed by atoms with Crippen LogP contribution in [0.15, 0.2) is 77.9 Å². The van der Waals surface area contributed by atoms with Crippen molar-refractivity contribution in [3.63, 3.8) is 0 Å². The second-order valence-corrected chi connectivity index (χ2v) is 6.12. The summed E-state index contributed by atoms with van der Waals surface area (Å²) in [6.45, 7) is 0. The van der Waals surface area contributed by atoms with Crippen LogP contribution in [0.5, 0.6) is 0 Å². The lowest BCUT2D eigenvalue weighted by Gasteiger charge is -2.05. The van der Waals surface area contributed by atoms with Crippen LogP contribution in [-0.4, -0.2) is 30.5 Å². The van der Waals surface area contributed by atoms with Gasteiger partial charge in [-0.05, 0) is 30.3 Å². The Bertz CT molecular complexity index is 1220. The van der Waals surface area contributed by atoms with E-state index in [1.54, 1.807) is 24.6 Å². The van der Waals surface area contributed by atoms with Gasteiger partial charge >= 0.3 is 0 Å². The summed E-state index contributed by atoms with van der Waals surface area (Å²) in [6, 6.07) is 12.8. The molecule has 8 nitrogen and oxygen atoms in total. The molecule has 0 spiro atoms. The van der Waals surface area contributed by atoms with Crippen molar-refractivity contribution < 1.29 is 9.21 Å². The lowest BCUT2D eigenvalue weighted by atomic mass is 10.1. The number of aromatic amines is 1. The molecule has 0 aliphatic heterocycles. The fourth-order valence-corrected chi connectivity index (χ4v) is 2.96.